The highest BCUT2D eigenvalue weighted by molar-refractivity contribution is 5.99. The van der Waals surface area contributed by atoms with E-state index in [-0.39, 0.29) is 5.78 Å². The Balaban J connectivity index is 2.89. The van der Waals surface area contributed by atoms with E-state index in [0.29, 0.717) is 5.92 Å². The van der Waals surface area contributed by atoms with Crippen LogP contribution in [0.15, 0.2) is 18.2 Å². The van der Waals surface area contributed by atoms with Crippen LogP contribution in [0.4, 0.5) is 0 Å². The largest absolute Gasteiger partial charge is 0.341 e. The standard InChI is InChI=1S/C15H19NO/c1-9(2)14-10(3)6-7-12-8-13(11(4)17)16(5)15(12)14/h6-9H,1-5H3. The maximum Gasteiger partial charge on any atom is 0.176 e. The van der Waals surface area contributed by atoms with Crippen LogP contribution in [0.25, 0.3) is 10.9 Å². The Morgan fingerprint density at radius 1 is 1.29 bits per heavy atom. The minimum Gasteiger partial charge on any atom is -0.341 e. The van der Waals surface area contributed by atoms with Crippen molar-refractivity contribution in [2.75, 3.05) is 0 Å². The summed E-state index contributed by atoms with van der Waals surface area (Å²) in [6.45, 7) is 8.15. The van der Waals surface area contributed by atoms with Crippen molar-refractivity contribution in [3.63, 3.8) is 0 Å². The molecular weight excluding hydrogens is 210 g/mol. The number of ketones is 1. The van der Waals surface area contributed by atoms with Gasteiger partial charge in [0.15, 0.2) is 5.78 Å². The average molecular weight is 229 g/mol. The van der Waals surface area contributed by atoms with Gasteiger partial charge in [-0.25, -0.2) is 0 Å². The van der Waals surface area contributed by atoms with Gasteiger partial charge in [-0.3, -0.25) is 4.79 Å². The third kappa shape index (κ3) is 1.78. The molecule has 0 saturated heterocycles. The summed E-state index contributed by atoms with van der Waals surface area (Å²) in [5.41, 5.74) is 4.62. The first kappa shape index (κ1) is 11.9. The highest BCUT2D eigenvalue weighted by Gasteiger charge is 2.15. The second-order valence-corrected chi connectivity index (χ2v) is 5.03. The van der Waals surface area contributed by atoms with E-state index in [4.69, 9.17) is 0 Å². The van der Waals surface area contributed by atoms with Crippen LogP contribution >= 0.6 is 0 Å². The summed E-state index contributed by atoms with van der Waals surface area (Å²) in [6, 6.07) is 6.23. The molecule has 2 rings (SSSR count). The maximum atomic E-state index is 11.6. The molecule has 90 valence electrons. The highest BCUT2D eigenvalue weighted by atomic mass is 16.1. The molecule has 0 atom stereocenters. The lowest BCUT2D eigenvalue weighted by Gasteiger charge is -2.13. The molecule has 0 amide bonds. The first-order valence-electron chi connectivity index (χ1n) is 6.03. The molecule has 0 aliphatic carbocycles. The molecule has 0 saturated carbocycles. The van der Waals surface area contributed by atoms with E-state index < -0.39 is 0 Å². The first-order valence-corrected chi connectivity index (χ1v) is 6.03. The predicted octanol–water partition coefficient (Wildman–Crippen LogP) is 3.81. The third-order valence-corrected chi connectivity index (χ3v) is 3.39. The Morgan fingerprint density at radius 3 is 2.47 bits per heavy atom. The molecule has 17 heavy (non-hydrogen) atoms. The van der Waals surface area contributed by atoms with Crippen molar-refractivity contribution in [1.29, 1.82) is 0 Å². The Kier molecular flexibility index (Phi) is 2.82. The van der Waals surface area contributed by atoms with Gasteiger partial charge in [-0.1, -0.05) is 26.0 Å². The minimum atomic E-state index is 0.121. The number of aromatic nitrogens is 1. The summed E-state index contributed by atoms with van der Waals surface area (Å²) in [4.78, 5) is 11.6. The smallest absolute Gasteiger partial charge is 0.176 e. The Bertz CT molecular complexity index is 590. The number of rotatable bonds is 2. The van der Waals surface area contributed by atoms with Crippen molar-refractivity contribution in [3.8, 4) is 0 Å². The van der Waals surface area contributed by atoms with Gasteiger partial charge in [0.2, 0.25) is 0 Å². The van der Waals surface area contributed by atoms with E-state index in [2.05, 4.69) is 32.9 Å². The molecule has 2 aromatic rings. The van der Waals surface area contributed by atoms with Gasteiger partial charge in [-0.05, 0) is 30.0 Å². The van der Waals surface area contributed by atoms with Crippen LogP contribution in [0.5, 0.6) is 0 Å². The van der Waals surface area contributed by atoms with Gasteiger partial charge in [-0.15, -0.1) is 0 Å². The van der Waals surface area contributed by atoms with Crippen LogP contribution < -0.4 is 0 Å². The lowest BCUT2D eigenvalue weighted by Crippen LogP contribution is -2.03. The molecule has 0 N–H and O–H groups in total. The van der Waals surface area contributed by atoms with E-state index in [9.17, 15) is 4.79 Å². The third-order valence-electron chi connectivity index (χ3n) is 3.39. The summed E-state index contributed by atoms with van der Waals surface area (Å²) in [5.74, 6) is 0.586. The van der Waals surface area contributed by atoms with Gasteiger partial charge in [0.25, 0.3) is 0 Å². The summed E-state index contributed by atoms with van der Waals surface area (Å²) >= 11 is 0. The molecule has 0 bridgehead atoms. The van der Waals surface area contributed by atoms with Crippen LogP contribution in [0, 0.1) is 6.92 Å². The van der Waals surface area contributed by atoms with Crippen LogP contribution in [0.1, 0.15) is 48.3 Å². The SMILES string of the molecule is CC(=O)c1cc2ccc(C)c(C(C)C)c2n1C. The van der Waals surface area contributed by atoms with Crippen molar-refractivity contribution in [2.24, 2.45) is 7.05 Å². The summed E-state index contributed by atoms with van der Waals surface area (Å²) in [5, 5.41) is 1.16. The summed E-state index contributed by atoms with van der Waals surface area (Å²) in [6.07, 6.45) is 0. The topological polar surface area (TPSA) is 22.0 Å². The molecule has 0 spiro atoms. The predicted molar refractivity (Wildman–Crippen MR) is 71.7 cm³/mol. The molecule has 0 radical (unpaired) electrons. The second kappa shape index (κ2) is 4.02. The Labute approximate surface area is 102 Å². The molecule has 2 heteroatoms. The van der Waals surface area contributed by atoms with Gasteiger partial charge in [-0.2, -0.15) is 0 Å². The normalized spacial score (nSPS) is 11.4. The van der Waals surface area contributed by atoms with Crippen molar-refractivity contribution in [2.45, 2.75) is 33.6 Å². The quantitative estimate of drug-likeness (QED) is 0.718. The monoisotopic (exact) mass is 229 g/mol. The van der Waals surface area contributed by atoms with Gasteiger partial charge in [0.1, 0.15) is 0 Å². The van der Waals surface area contributed by atoms with Crippen LogP contribution in [0.2, 0.25) is 0 Å². The number of hydrogen-bond acceptors (Lipinski definition) is 1. The molecule has 0 fully saturated rings. The second-order valence-electron chi connectivity index (χ2n) is 5.03. The molecular formula is C15H19NO. The van der Waals surface area contributed by atoms with E-state index in [1.807, 2.05) is 17.7 Å². The van der Waals surface area contributed by atoms with Gasteiger partial charge in [0.05, 0.1) is 11.2 Å². The minimum absolute atomic E-state index is 0.121. The van der Waals surface area contributed by atoms with E-state index >= 15 is 0 Å². The lowest BCUT2D eigenvalue weighted by molar-refractivity contribution is 0.101. The average Bonchev–Trinajstić information content (AvgIpc) is 2.56. The number of Topliss-reactive ketones (excluding diaryl/α,β-unsaturated/α-hetero) is 1. The van der Waals surface area contributed by atoms with Gasteiger partial charge < -0.3 is 4.57 Å². The lowest BCUT2D eigenvalue weighted by atomic mass is 9.95. The zero-order chi connectivity index (χ0) is 12.7. The molecule has 0 unspecified atom stereocenters. The highest BCUT2D eigenvalue weighted by Crippen LogP contribution is 2.30. The van der Waals surface area contributed by atoms with Crippen LogP contribution in [-0.2, 0) is 7.05 Å². The number of carbonyl (C=O) groups is 1. The number of fused-ring (bicyclic) bond motifs is 1. The van der Waals surface area contributed by atoms with E-state index in [1.165, 1.54) is 16.6 Å². The van der Waals surface area contributed by atoms with E-state index in [1.54, 1.807) is 6.92 Å². The zero-order valence-electron chi connectivity index (χ0n) is 11.2. The van der Waals surface area contributed by atoms with Gasteiger partial charge >= 0.3 is 0 Å². The number of aryl methyl sites for hydroxylation is 2. The molecule has 0 aliphatic heterocycles. The maximum absolute atomic E-state index is 11.6. The van der Waals surface area contributed by atoms with Crippen molar-refractivity contribution in [3.05, 3.63) is 35.0 Å². The van der Waals surface area contributed by atoms with Crippen molar-refractivity contribution in [1.82, 2.24) is 4.57 Å². The first-order chi connectivity index (χ1) is 7.93. The van der Waals surface area contributed by atoms with Crippen LogP contribution in [0.3, 0.4) is 0 Å². The summed E-state index contributed by atoms with van der Waals surface area (Å²) < 4.78 is 2.03. The molecule has 1 heterocycles. The summed E-state index contributed by atoms with van der Waals surface area (Å²) in [7, 11) is 1.98. The van der Waals surface area contributed by atoms with Crippen molar-refractivity contribution < 1.29 is 4.79 Å². The fraction of sp³-hybridized carbons (Fsp3) is 0.400. The van der Waals surface area contributed by atoms with Crippen LogP contribution in [-0.4, -0.2) is 10.4 Å². The molecule has 1 aromatic heterocycles. The molecule has 2 nitrogen and oxygen atoms in total. The number of carbonyl (C=O) groups excluding carboxylic acids is 1. The zero-order valence-corrected chi connectivity index (χ0v) is 11.2. The Hall–Kier alpha value is -1.57. The molecule has 1 aromatic carbocycles. The van der Waals surface area contributed by atoms with E-state index in [0.717, 1.165) is 11.1 Å². The fourth-order valence-electron chi connectivity index (χ4n) is 2.65. The van der Waals surface area contributed by atoms with Crippen molar-refractivity contribution >= 4 is 16.7 Å². The number of hydrogen-bond donors (Lipinski definition) is 0. The molecule has 0 aliphatic rings. The fourth-order valence-corrected chi connectivity index (χ4v) is 2.65. The Morgan fingerprint density at radius 2 is 1.94 bits per heavy atom. The number of benzene rings is 1. The van der Waals surface area contributed by atoms with Gasteiger partial charge in [0, 0.05) is 19.4 Å². The number of nitrogens with zero attached hydrogens (tertiary/aromatic N) is 1.